The number of hydrogen-bond acceptors (Lipinski definition) is 4. The summed E-state index contributed by atoms with van der Waals surface area (Å²) in [5, 5.41) is 0. The SMILES string of the molecule is COc1ccccc1[C@H](CCN)c1ccc2c(c1)OCO2. The molecule has 4 nitrogen and oxygen atoms in total. The van der Waals surface area contributed by atoms with E-state index in [4.69, 9.17) is 19.9 Å². The van der Waals surface area contributed by atoms with Gasteiger partial charge in [0.1, 0.15) is 5.75 Å². The third kappa shape index (κ3) is 2.67. The second kappa shape index (κ2) is 6.06. The summed E-state index contributed by atoms with van der Waals surface area (Å²) in [6.07, 6.45) is 0.847. The number of nitrogens with two attached hydrogens (primary N) is 1. The largest absolute Gasteiger partial charge is 0.496 e. The number of ether oxygens (including phenoxy) is 3. The van der Waals surface area contributed by atoms with E-state index in [9.17, 15) is 0 Å². The van der Waals surface area contributed by atoms with Crippen LogP contribution in [0.15, 0.2) is 42.5 Å². The van der Waals surface area contributed by atoms with Crippen molar-refractivity contribution in [3.05, 3.63) is 53.6 Å². The van der Waals surface area contributed by atoms with E-state index < -0.39 is 0 Å². The van der Waals surface area contributed by atoms with Crippen molar-refractivity contribution in [1.29, 1.82) is 0 Å². The van der Waals surface area contributed by atoms with Gasteiger partial charge in [0.2, 0.25) is 6.79 Å². The van der Waals surface area contributed by atoms with Gasteiger partial charge >= 0.3 is 0 Å². The first-order valence-corrected chi connectivity index (χ1v) is 7.06. The lowest BCUT2D eigenvalue weighted by Crippen LogP contribution is -2.10. The van der Waals surface area contributed by atoms with Crippen LogP contribution in [0.3, 0.4) is 0 Å². The summed E-state index contributed by atoms with van der Waals surface area (Å²) in [6, 6.07) is 14.1. The summed E-state index contributed by atoms with van der Waals surface area (Å²) in [5.74, 6) is 2.66. The maximum absolute atomic E-state index is 5.81. The molecule has 0 radical (unpaired) electrons. The second-order valence-electron chi connectivity index (χ2n) is 4.98. The van der Waals surface area contributed by atoms with Crippen LogP contribution >= 0.6 is 0 Å². The number of benzene rings is 2. The Kier molecular flexibility index (Phi) is 3.97. The molecule has 0 aliphatic carbocycles. The van der Waals surface area contributed by atoms with E-state index in [0.717, 1.165) is 34.8 Å². The Hall–Kier alpha value is -2.20. The van der Waals surface area contributed by atoms with Gasteiger partial charge in [-0.05, 0) is 36.7 Å². The molecule has 110 valence electrons. The van der Waals surface area contributed by atoms with Gasteiger partial charge in [-0.3, -0.25) is 0 Å². The summed E-state index contributed by atoms with van der Waals surface area (Å²) in [7, 11) is 1.69. The molecule has 2 aromatic carbocycles. The minimum Gasteiger partial charge on any atom is -0.496 e. The Balaban J connectivity index is 2.01. The lowest BCUT2D eigenvalue weighted by molar-refractivity contribution is 0.174. The fourth-order valence-electron chi connectivity index (χ4n) is 2.75. The summed E-state index contributed by atoms with van der Waals surface area (Å²) in [5.41, 5.74) is 8.12. The molecule has 2 N–H and O–H groups in total. The van der Waals surface area contributed by atoms with Crippen LogP contribution in [0, 0.1) is 0 Å². The molecule has 3 rings (SSSR count). The highest BCUT2D eigenvalue weighted by Gasteiger charge is 2.21. The molecular formula is C17H19NO3. The van der Waals surface area contributed by atoms with Crippen LogP contribution < -0.4 is 19.9 Å². The number of hydrogen-bond donors (Lipinski definition) is 1. The van der Waals surface area contributed by atoms with E-state index >= 15 is 0 Å². The Morgan fingerprint density at radius 1 is 1.14 bits per heavy atom. The fourth-order valence-corrected chi connectivity index (χ4v) is 2.75. The van der Waals surface area contributed by atoms with Crippen LogP contribution in [0.4, 0.5) is 0 Å². The van der Waals surface area contributed by atoms with Crippen molar-refractivity contribution in [2.75, 3.05) is 20.4 Å². The molecule has 0 spiro atoms. The average molecular weight is 285 g/mol. The van der Waals surface area contributed by atoms with Gasteiger partial charge in [-0.25, -0.2) is 0 Å². The highest BCUT2D eigenvalue weighted by molar-refractivity contribution is 5.49. The molecule has 0 saturated carbocycles. The number of fused-ring (bicyclic) bond motifs is 1. The zero-order chi connectivity index (χ0) is 14.7. The predicted molar refractivity (Wildman–Crippen MR) is 81.1 cm³/mol. The van der Waals surface area contributed by atoms with Crippen LogP contribution in [0.2, 0.25) is 0 Å². The minimum absolute atomic E-state index is 0.181. The molecule has 0 amide bonds. The van der Waals surface area contributed by atoms with Gasteiger partial charge in [-0.2, -0.15) is 0 Å². The van der Waals surface area contributed by atoms with E-state index in [0.29, 0.717) is 6.54 Å². The smallest absolute Gasteiger partial charge is 0.231 e. The van der Waals surface area contributed by atoms with Crippen molar-refractivity contribution in [2.24, 2.45) is 5.73 Å². The minimum atomic E-state index is 0.181. The molecule has 0 unspecified atom stereocenters. The molecule has 1 atom stereocenters. The number of para-hydroxylation sites is 1. The molecule has 21 heavy (non-hydrogen) atoms. The molecule has 1 aliphatic rings. The zero-order valence-electron chi connectivity index (χ0n) is 12.0. The Labute approximate surface area is 124 Å². The lowest BCUT2D eigenvalue weighted by atomic mass is 9.87. The molecule has 2 aromatic rings. The third-order valence-electron chi connectivity index (χ3n) is 3.77. The third-order valence-corrected chi connectivity index (χ3v) is 3.77. The van der Waals surface area contributed by atoms with Gasteiger partial charge in [-0.1, -0.05) is 24.3 Å². The quantitative estimate of drug-likeness (QED) is 0.917. The van der Waals surface area contributed by atoms with Crippen LogP contribution in [0.25, 0.3) is 0 Å². The van der Waals surface area contributed by atoms with Crippen molar-refractivity contribution in [3.8, 4) is 17.2 Å². The first-order chi connectivity index (χ1) is 10.3. The van der Waals surface area contributed by atoms with Crippen molar-refractivity contribution in [3.63, 3.8) is 0 Å². The topological polar surface area (TPSA) is 53.7 Å². The van der Waals surface area contributed by atoms with E-state index in [1.165, 1.54) is 0 Å². The monoisotopic (exact) mass is 285 g/mol. The summed E-state index contributed by atoms with van der Waals surface area (Å²) >= 11 is 0. The summed E-state index contributed by atoms with van der Waals surface area (Å²) < 4.78 is 16.3. The number of rotatable bonds is 5. The van der Waals surface area contributed by atoms with Crippen molar-refractivity contribution >= 4 is 0 Å². The second-order valence-corrected chi connectivity index (χ2v) is 4.98. The van der Waals surface area contributed by atoms with Crippen LogP contribution in [0.1, 0.15) is 23.5 Å². The Bertz CT molecular complexity index is 627. The molecule has 1 aliphatic heterocycles. The maximum atomic E-state index is 5.81. The Morgan fingerprint density at radius 2 is 1.95 bits per heavy atom. The average Bonchev–Trinajstić information content (AvgIpc) is 3.00. The molecule has 0 bridgehead atoms. The van der Waals surface area contributed by atoms with Gasteiger partial charge in [0.05, 0.1) is 7.11 Å². The molecule has 0 fully saturated rings. The zero-order valence-corrected chi connectivity index (χ0v) is 12.0. The predicted octanol–water partition coefficient (Wildman–Crippen LogP) is 2.90. The van der Waals surface area contributed by atoms with E-state index in [2.05, 4.69) is 12.1 Å². The standard InChI is InChI=1S/C17H19NO3/c1-19-15-5-3-2-4-14(15)13(8-9-18)12-6-7-16-17(10-12)21-11-20-16/h2-7,10,13H,8-9,11,18H2,1H3/t13-/m1/s1. The van der Waals surface area contributed by atoms with Crippen LogP contribution in [-0.2, 0) is 0 Å². The van der Waals surface area contributed by atoms with Crippen LogP contribution in [0.5, 0.6) is 17.2 Å². The van der Waals surface area contributed by atoms with Crippen molar-refractivity contribution in [1.82, 2.24) is 0 Å². The molecule has 0 aromatic heterocycles. The van der Waals surface area contributed by atoms with Gasteiger partial charge in [0, 0.05) is 11.5 Å². The van der Waals surface area contributed by atoms with Crippen molar-refractivity contribution < 1.29 is 14.2 Å². The first-order valence-electron chi connectivity index (χ1n) is 7.06. The van der Waals surface area contributed by atoms with Crippen LogP contribution in [-0.4, -0.2) is 20.4 Å². The molecule has 0 saturated heterocycles. The highest BCUT2D eigenvalue weighted by Crippen LogP contribution is 2.39. The highest BCUT2D eigenvalue weighted by atomic mass is 16.7. The van der Waals surface area contributed by atoms with E-state index in [1.807, 2.05) is 30.3 Å². The molecule has 4 heteroatoms. The Morgan fingerprint density at radius 3 is 2.76 bits per heavy atom. The molecular weight excluding hydrogens is 266 g/mol. The lowest BCUT2D eigenvalue weighted by Gasteiger charge is -2.20. The summed E-state index contributed by atoms with van der Waals surface area (Å²) in [4.78, 5) is 0. The summed E-state index contributed by atoms with van der Waals surface area (Å²) in [6.45, 7) is 0.895. The van der Waals surface area contributed by atoms with Gasteiger partial charge in [-0.15, -0.1) is 0 Å². The van der Waals surface area contributed by atoms with Gasteiger partial charge in [0.25, 0.3) is 0 Å². The van der Waals surface area contributed by atoms with Crippen molar-refractivity contribution in [2.45, 2.75) is 12.3 Å². The normalized spacial score (nSPS) is 14.0. The maximum Gasteiger partial charge on any atom is 0.231 e. The van der Waals surface area contributed by atoms with Gasteiger partial charge < -0.3 is 19.9 Å². The van der Waals surface area contributed by atoms with Gasteiger partial charge in [0.15, 0.2) is 11.5 Å². The van der Waals surface area contributed by atoms with E-state index in [-0.39, 0.29) is 12.7 Å². The fraction of sp³-hybridized carbons (Fsp3) is 0.294. The van der Waals surface area contributed by atoms with E-state index in [1.54, 1.807) is 7.11 Å². The first kappa shape index (κ1) is 13.8. The number of methoxy groups -OCH3 is 1. The molecule has 1 heterocycles.